The maximum absolute atomic E-state index is 9.81. The second kappa shape index (κ2) is 4.06. The number of nitrogens with zero attached hydrogens (tertiary/aromatic N) is 1. The van der Waals surface area contributed by atoms with E-state index in [2.05, 4.69) is 18.4 Å². The van der Waals surface area contributed by atoms with E-state index in [-0.39, 0.29) is 5.60 Å². The van der Waals surface area contributed by atoms with Gasteiger partial charge in [0.15, 0.2) is 0 Å². The summed E-state index contributed by atoms with van der Waals surface area (Å²) in [5.74, 6) is 0. The lowest BCUT2D eigenvalue weighted by atomic mass is 9.89. The Morgan fingerprint density at radius 1 is 1.58 bits per heavy atom. The van der Waals surface area contributed by atoms with Gasteiger partial charge >= 0.3 is 0 Å². The largest absolute Gasteiger partial charge is 0.387 e. The Bertz CT molecular complexity index is 150. The van der Waals surface area contributed by atoms with Crippen LogP contribution in [0.15, 0.2) is 12.7 Å². The minimum atomic E-state index is -0.365. The summed E-state index contributed by atoms with van der Waals surface area (Å²) in [5, 5.41) is 9.81. The fourth-order valence-corrected chi connectivity index (χ4v) is 1.84. The normalized spacial score (nSPS) is 21.8. The van der Waals surface area contributed by atoms with Gasteiger partial charge in [-0.3, -0.25) is 4.90 Å². The van der Waals surface area contributed by atoms with Crippen molar-refractivity contribution in [3.63, 3.8) is 0 Å². The Morgan fingerprint density at radius 3 is 2.75 bits per heavy atom. The first-order valence-corrected chi connectivity index (χ1v) is 4.76. The molecule has 0 amide bonds. The smallest absolute Gasteiger partial charge is 0.0900 e. The van der Waals surface area contributed by atoms with E-state index in [0.717, 1.165) is 38.9 Å². The van der Waals surface area contributed by atoms with Crippen LogP contribution >= 0.6 is 0 Å². The van der Waals surface area contributed by atoms with Crippen molar-refractivity contribution in [3.8, 4) is 0 Å². The van der Waals surface area contributed by atoms with E-state index < -0.39 is 0 Å². The van der Waals surface area contributed by atoms with Crippen LogP contribution in [0.4, 0.5) is 0 Å². The molecular weight excluding hydrogens is 150 g/mol. The van der Waals surface area contributed by atoms with Gasteiger partial charge in [0.05, 0.1) is 5.60 Å². The van der Waals surface area contributed by atoms with Crippen molar-refractivity contribution in [2.45, 2.75) is 31.8 Å². The quantitative estimate of drug-likeness (QED) is 0.629. The van der Waals surface area contributed by atoms with Crippen molar-refractivity contribution in [2.75, 3.05) is 19.6 Å². The van der Waals surface area contributed by atoms with Crippen molar-refractivity contribution < 1.29 is 5.11 Å². The fourth-order valence-electron chi connectivity index (χ4n) is 1.84. The van der Waals surface area contributed by atoms with Crippen molar-refractivity contribution >= 4 is 0 Å². The van der Waals surface area contributed by atoms with Gasteiger partial charge in [-0.1, -0.05) is 19.4 Å². The predicted molar refractivity (Wildman–Crippen MR) is 51.1 cm³/mol. The molecule has 70 valence electrons. The molecule has 1 saturated heterocycles. The summed E-state index contributed by atoms with van der Waals surface area (Å²) in [6.45, 7) is 8.55. The summed E-state index contributed by atoms with van der Waals surface area (Å²) >= 11 is 0. The molecule has 1 heterocycles. The predicted octanol–water partition coefficient (Wildman–Crippen LogP) is 1.41. The first-order valence-electron chi connectivity index (χ1n) is 4.76. The van der Waals surface area contributed by atoms with Crippen LogP contribution in [0.2, 0.25) is 0 Å². The van der Waals surface area contributed by atoms with Crippen LogP contribution in [-0.2, 0) is 0 Å². The van der Waals surface area contributed by atoms with Crippen LogP contribution in [0.5, 0.6) is 0 Å². The molecule has 0 aliphatic carbocycles. The summed E-state index contributed by atoms with van der Waals surface area (Å²) in [5.41, 5.74) is -0.365. The molecule has 1 N–H and O–H groups in total. The zero-order chi connectivity index (χ0) is 9.03. The van der Waals surface area contributed by atoms with E-state index in [4.69, 9.17) is 0 Å². The maximum Gasteiger partial charge on any atom is 0.0900 e. The Kier molecular flexibility index (Phi) is 3.29. The lowest BCUT2D eigenvalue weighted by Gasteiger charge is -2.46. The van der Waals surface area contributed by atoms with E-state index in [1.54, 1.807) is 0 Å². The molecule has 1 rings (SSSR count). The Balaban J connectivity index is 2.13. The fraction of sp³-hybridized carbons (Fsp3) is 0.800. The number of rotatable bonds is 5. The van der Waals surface area contributed by atoms with Crippen molar-refractivity contribution in [1.29, 1.82) is 0 Å². The molecule has 2 heteroatoms. The van der Waals surface area contributed by atoms with Crippen LogP contribution in [-0.4, -0.2) is 35.2 Å². The molecule has 0 radical (unpaired) electrons. The third-order valence-electron chi connectivity index (χ3n) is 2.40. The van der Waals surface area contributed by atoms with Gasteiger partial charge in [-0.15, -0.1) is 6.58 Å². The Hall–Kier alpha value is -0.340. The second-order valence-electron chi connectivity index (χ2n) is 3.76. The molecule has 0 aromatic rings. The van der Waals surface area contributed by atoms with Crippen LogP contribution in [0.25, 0.3) is 0 Å². The molecule has 0 aromatic heterocycles. The first kappa shape index (κ1) is 9.75. The molecule has 0 atom stereocenters. The van der Waals surface area contributed by atoms with Crippen LogP contribution in [0.1, 0.15) is 26.2 Å². The van der Waals surface area contributed by atoms with Crippen molar-refractivity contribution in [2.24, 2.45) is 0 Å². The van der Waals surface area contributed by atoms with Gasteiger partial charge in [0.25, 0.3) is 0 Å². The zero-order valence-corrected chi connectivity index (χ0v) is 7.92. The second-order valence-corrected chi connectivity index (χ2v) is 3.76. The molecule has 1 fully saturated rings. The van der Waals surface area contributed by atoms with Gasteiger partial charge in [-0.2, -0.15) is 0 Å². The first-order chi connectivity index (χ1) is 5.70. The molecule has 0 spiro atoms. The summed E-state index contributed by atoms with van der Waals surface area (Å²) in [4.78, 5) is 2.28. The van der Waals surface area contributed by atoms with Gasteiger partial charge in [0.1, 0.15) is 0 Å². The minimum absolute atomic E-state index is 0.365. The summed E-state index contributed by atoms with van der Waals surface area (Å²) in [7, 11) is 0. The highest BCUT2D eigenvalue weighted by molar-refractivity contribution is 4.95. The zero-order valence-electron chi connectivity index (χ0n) is 7.92. The monoisotopic (exact) mass is 169 g/mol. The highest BCUT2D eigenvalue weighted by Crippen LogP contribution is 2.25. The number of hydrogen-bond acceptors (Lipinski definition) is 2. The molecule has 0 saturated carbocycles. The molecule has 1 aliphatic heterocycles. The van der Waals surface area contributed by atoms with Crippen LogP contribution in [0.3, 0.4) is 0 Å². The van der Waals surface area contributed by atoms with E-state index >= 15 is 0 Å². The van der Waals surface area contributed by atoms with Gasteiger partial charge in [0, 0.05) is 19.6 Å². The highest BCUT2D eigenvalue weighted by atomic mass is 16.3. The third-order valence-corrected chi connectivity index (χ3v) is 2.40. The van der Waals surface area contributed by atoms with E-state index in [1.807, 2.05) is 6.08 Å². The average Bonchev–Trinajstić information content (AvgIpc) is 1.97. The Labute approximate surface area is 74.9 Å². The lowest BCUT2D eigenvalue weighted by molar-refractivity contribution is -0.102. The molecule has 0 bridgehead atoms. The van der Waals surface area contributed by atoms with Crippen LogP contribution in [0, 0.1) is 0 Å². The van der Waals surface area contributed by atoms with E-state index in [0.29, 0.717) is 0 Å². The van der Waals surface area contributed by atoms with Crippen molar-refractivity contribution in [1.82, 2.24) is 4.90 Å². The van der Waals surface area contributed by atoms with E-state index in [1.165, 1.54) is 0 Å². The minimum Gasteiger partial charge on any atom is -0.387 e. The number of aliphatic hydroxyl groups is 1. The molecule has 0 unspecified atom stereocenters. The lowest BCUT2D eigenvalue weighted by Crippen LogP contribution is -2.61. The summed E-state index contributed by atoms with van der Waals surface area (Å²) in [6, 6.07) is 0. The highest BCUT2D eigenvalue weighted by Gasteiger charge is 2.39. The van der Waals surface area contributed by atoms with Crippen molar-refractivity contribution in [3.05, 3.63) is 12.7 Å². The summed E-state index contributed by atoms with van der Waals surface area (Å²) in [6.07, 6.45) is 4.97. The molecule has 0 aromatic carbocycles. The molecule has 1 aliphatic rings. The standard InChI is InChI=1S/C10H19NO/c1-3-5-7-11-8-10(12,9-11)6-4-2/h3,12H,1,4-9H2,2H3. The molecule has 12 heavy (non-hydrogen) atoms. The van der Waals surface area contributed by atoms with Gasteiger partial charge in [-0.25, -0.2) is 0 Å². The SMILES string of the molecule is C=CCCN1CC(O)(CCC)C1. The van der Waals surface area contributed by atoms with Gasteiger partial charge in [0.2, 0.25) is 0 Å². The number of β-amino-alcohol motifs (C(OH)–C–C–N with tert-alkyl or cyclic N) is 1. The molecule has 2 nitrogen and oxygen atoms in total. The average molecular weight is 169 g/mol. The van der Waals surface area contributed by atoms with Gasteiger partial charge in [-0.05, 0) is 12.8 Å². The molecular formula is C10H19NO. The maximum atomic E-state index is 9.81. The Morgan fingerprint density at radius 2 is 2.25 bits per heavy atom. The summed E-state index contributed by atoms with van der Waals surface area (Å²) < 4.78 is 0. The number of hydrogen-bond donors (Lipinski definition) is 1. The van der Waals surface area contributed by atoms with Crippen LogP contribution < -0.4 is 0 Å². The third kappa shape index (κ3) is 2.32. The van der Waals surface area contributed by atoms with E-state index in [9.17, 15) is 5.11 Å². The number of likely N-dealkylation sites (tertiary alicyclic amines) is 1. The van der Waals surface area contributed by atoms with Gasteiger partial charge < -0.3 is 5.11 Å². The topological polar surface area (TPSA) is 23.5 Å².